The first-order chi connectivity index (χ1) is 12.8. The van der Waals surface area contributed by atoms with Crippen LogP contribution in [0.1, 0.15) is 38.2 Å². The number of nitrogens with two attached hydrogens (primary N) is 3. The van der Waals surface area contributed by atoms with Crippen LogP contribution >= 0.6 is 11.6 Å². The third kappa shape index (κ3) is 3.91. The molecule has 0 fully saturated rings. The molecule has 8 nitrogen and oxygen atoms in total. The molecule has 0 aliphatic rings. The molecule has 1 aromatic carbocycles. The highest BCUT2D eigenvalue weighted by molar-refractivity contribution is 6.33. The van der Waals surface area contributed by atoms with Gasteiger partial charge in [-0.05, 0) is 32.4 Å². The zero-order chi connectivity index (χ0) is 19.7. The molecule has 1 atom stereocenters. The normalized spacial score (nSPS) is 12.7. The number of benzene rings is 1. The average Bonchev–Trinajstić information content (AvgIpc) is 2.96. The summed E-state index contributed by atoms with van der Waals surface area (Å²) in [5.41, 5.74) is 20.8. The Morgan fingerprint density at radius 2 is 1.89 bits per heavy atom. The fraction of sp³-hybridized carbons (Fsp3) is 0.389. The van der Waals surface area contributed by atoms with Gasteiger partial charge in [-0.3, -0.25) is 0 Å². The zero-order valence-electron chi connectivity index (χ0n) is 15.7. The molecule has 144 valence electrons. The summed E-state index contributed by atoms with van der Waals surface area (Å²) < 4.78 is 2.05. The summed E-state index contributed by atoms with van der Waals surface area (Å²) in [7, 11) is 0. The Bertz CT molecular complexity index is 964. The highest BCUT2D eigenvalue weighted by Gasteiger charge is 2.19. The Morgan fingerprint density at radius 1 is 1.15 bits per heavy atom. The van der Waals surface area contributed by atoms with Gasteiger partial charge in [0, 0.05) is 25.0 Å². The van der Waals surface area contributed by atoms with Crippen LogP contribution in [0.15, 0.2) is 18.2 Å². The molecule has 0 saturated heterocycles. The van der Waals surface area contributed by atoms with Gasteiger partial charge in [0.25, 0.3) is 0 Å². The van der Waals surface area contributed by atoms with Gasteiger partial charge in [-0.25, -0.2) is 4.98 Å². The van der Waals surface area contributed by atoms with Crippen molar-refractivity contribution in [3.63, 3.8) is 0 Å². The zero-order valence-corrected chi connectivity index (χ0v) is 16.5. The van der Waals surface area contributed by atoms with Crippen LogP contribution in [0.25, 0.3) is 11.2 Å². The van der Waals surface area contributed by atoms with Gasteiger partial charge in [-0.1, -0.05) is 23.7 Å². The predicted molar refractivity (Wildman–Crippen MR) is 111 cm³/mol. The van der Waals surface area contributed by atoms with Crippen molar-refractivity contribution in [2.75, 3.05) is 23.3 Å². The van der Waals surface area contributed by atoms with Crippen LogP contribution in [0, 0.1) is 0 Å². The van der Waals surface area contributed by atoms with Crippen LogP contribution in [0.5, 0.6) is 0 Å². The number of imidazole rings is 1. The lowest BCUT2D eigenvalue weighted by molar-refractivity contribution is 0.587. The van der Waals surface area contributed by atoms with Crippen LogP contribution < -0.4 is 22.5 Å². The molecule has 2 aromatic heterocycles. The molecule has 0 aliphatic heterocycles. The average molecular weight is 389 g/mol. The molecule has 2 heterocycles. The molecule has 3 aromatic rings. The number of nitrogens with zero attached hydrogens (tertiary/aromatic N) is 4. The Kier molecular flexibility index (Phi) is 5.38. The largest absolute Gasteiger partial charge is 0.397 e. The van der Waals surface area contributed by atoms with E-state index >= 15 is 0 Å². The molecular formula is C18H25ClN8. The second-order valence-corrected chi connectivity index (χ2v) is 7.35. The number of nitrogen functional groups attached to an aromatic ring is 2. The molecule has 0 amide bonds. The first-order valence-electron chi connectivity index (χ1n) is 8.84. The molecule has 0 saturated carbocycles. The van der Waals surface area contributed by atoms with E-state index in [2.05, 4.69) is 29.1 Å². The maximum atomic E-state index is 6.15. The summed E-state index contributed by atoms with van der Waals surface area (Å²) in [6.07, 6.45) is 0.517. The van der Waals surface area contributed by atoms with Crippen molar-refractivity contribution in [2.24, 2.45) is 5.73 Å². The predicted octanol–water partition coefficient (Wildman–Crippen LogP) is 2.57. The van der Waals surface area contributed by atoms with Gasteiger partial charge in [-0.2, -0.15) is 9.97 Å². The summed E-state index contributed by atoms with van der Waals surface area (Å²) in [5.74, 6) is 1.57. The van der Waals surface area contributed by atoms with E-state index in [1.54, 1.807) is 6.07 Å². The molecule has 27 heavy (non-hydrogen) atoms. The van der Waals surface area contributed by atoms with Crippen molar-refractivity contribution in [1.29, 1.82) is 0 Å². The van der Waals surface area contributed by atoms with E-state index in [0.717, 1.165) is 11.4 Å². The third-order valence-electron chi connectivity index (χ3n) is 4.23. The van der Waals surface area contributed by atoms with E-state index in [1.165, 1.54) is 0 Å². The van der Waals surface area contributed by atoms with Gasteiger partial charge in [0.1, 0.15) is 5.82 Å². The molecule has 0 radical (unpaired) electrons. The highest BCUT2D eigenvalue weighted by atomic mass is 35.5. The second-order valence-electron chi connectivity index (χ2n) is 6.94. The molecular weight excluding hydrogens is 364 g/mol. The van der Waals surface area contributed by atoms with Crippen molar-refractivity contribution < 1.29 is 0 Å². The monoisotopic (exact) mass is 388 g/mol. The molecule has 0 bridgehead atoms. The molecule has 3 rings (SSSR count). The summed E-state index contributed by atoms with van der Waals surface area (Å²) >= 11 is 6.15. The molecule has 0 spiro atoms. The lowest BCUT2D eigenvalue weighted by atomic mass is 10.1. The lowest BCUT2D eigenvalue weighted by Crippen LogP contribution is -2.26. The Balaban J connectivity index is 2.09. The Morgan fingerprint density at radius 3 is 2.56 bits per heavy atom. The maximum absolute atomic E-state index is 6.15. The number of fused-ring (bicyclic) bond motifs is 1. The van der Waals surface area contributed by atoms with Crippen molar-refractivity contribution in [2.45, 2.75) is 39.3 Å². The van der Waals surface area contributed by atoms with Crippen LogP contribution in [-0.4, -0.2) is 32.1 Å². The van der Waals surface area contributed by atoms with Gasteiger partial charge in [0.05, 0.1) is 10.7 Å². The topological polar surface area (TPSA) is 134 Å². The van der Waals surface area contributed by atoms with Crippen LogP contribution in [0.4, 0.5) is 17.5 Å². The number of nitrogens with one attached hydrogen (secondary N) is 1. The fourth-order valence-electron chi connectivity index (χ4n) is 2.95. The second kappa shape index (κ2) is 7.58. The van der Waals surface area contributed by atoms with E-state index in [1.807, 2.05) is 23.6 Å². The van der Waals surface area contributed by atoms with Crippen LogP contribution in [0.3, 0.4) is 0 Å². The number of rotatable bonds is 6. The van der Waals surface area contributed by atoms with Gasteiger partial charge in [0.2, 0.25) is 5.95 Å². The number of para-hydroxylation sites is 1. The Hall–Kier alpha value is -2.58. The minimum Gasteiger partial charge on any atom is -0.397 e. The standard InChI is InChI=1S/C18H25ClN8/c1-9(2)27-13(7-11-5-4-6-12(19)14(11)21)24-15-16(22)25-18(26-17(15)27)23-8-10(3)20/h4-6,9-10H,7-8,20-21H2,1-3H3,(H3,22,23,25,26). The maximum Gasteiger partial charge on any atom is 0.226 e. The summed E-state index contributed by atoms with van der Waals surface area (Å²) in [4.78, 5) is 13.6. The quantitative estimate of drug-likeness (QED) is 0.476. The molecule has 0 aliphatic carbocycles. The lowest BCUT2D eigenvalue weighted by Gasteiger charge is -2.14. The first-order valence-corrected chi connectivity index (χ1v) is 9.22. The molecule has 7 N–H and O–H groups in total. The third-order valence-corrected chi connectivity index (χ3v) is 4.56. The number of anilines is 3. The SMILES string of the molecule is CC(N)CNc1nc(N)c2nc(Cc3cccc(Cl)c3N)n(C(C)C)c2n1. The first kappa shape index (κ1) is 19.2. The van der Waals surface area contributed by atoms with Crippen molar-refractivity contribution >= 4 is 40.2 Å². The van der Waals surface area contributed by atoms with E-state index in [4.69, 9.17) is 33.8 Å². The fourth-order valence-corrected chi connectivity index (χ4v) is 3.14. The number of hydrogen-bond donors (Lipinski definition) is 4. The minimum atomic E-state index is -0.0260. The summed E-state index contributed by atoms with van der Waals surface area (Å²) in [6.45, 7) is 6.59. The number of hydrogen-bond acceptors (Lipinski definition) is 7. The molecule has 9 heteroatoms. The van der Waals surface area contributed by atoms with E-state index in [9.17, 15) is 0 Å². The summed E-state index contributed by atoms with van der Waals surface area (Å²) in [6, 6.07) is 5.69. The van der Waals surface area contributed by atoms with Crippen molar-refractivity contribution in [3.8, 4) is 0 Å². The van der Waals surface area contributed by atoms with Gasteiger partial charge in [0.15, 0.2) is 17.0 Å². The van der Waals surface area contributed by atoms with Gasteiger partial charge < -0.3 is 27.1 Å². The van der Waals surface area contributed by atoms with Crippen LogP contribution in [-0.2, 0) is 6.42 Å². The van der Waals surface area contributed by atoms with Crippen molar-refractivity contribution in [1.82, 2.24) is 19.5 Å². The van der Waals surface area contributed by atoms with E-state index < -0.39 is 0 Å². The number of halogens is 1. The summed E-state index contributed by atoms with van der Waals surface area (Å²) in [5, 5.41) is 3.64. The smallest absolute Gasteiger partial charge is 0.226 e. The van der Waals surface area contributed by atoms with Crippen LogP contribution in [0.2, 0.25) is 5.02 Å². The molecule has 1 unspecified atom stereocenters. The highest BCUT2D eigenvalue weighted by Crippen LogP contribution is 2.29. The van der Waals surface area contributed by atoms with Crippen molar-refractivity contribution in [3.05, 3.63) is 34.6 Å². The van der Waals surface area contributed by atoms with E-state index in [-0.39, 0.29) is 12.1 Å². The number of aromatic nitrogens is 4. The van der Waals surface area contributed by atoms with Gasteiger partial charge >= 0.3 is 0 Å². The Labute approximate surface area is 163 Å². The van der Waals surface area contributed by atoms with E-state index in [0.29, 0.717) is 46.6 Å². The van der Waals surface area contributed by atoms with Gasteiger partial charge in [-0.15, -0.1) is 0 Å². The minimum absolute atomic E-state index is 0.0260.